The van der Waals surface area contributed by atoms with Crippen molar-refractivity contribution in [3.63, 3.8) is 0 Å². The van der Waals surface area contributed by atoms with Crippen LogP contribution in [0.5, 0.6) is 0 Å². The number of imidazole rings is 1. The first-order chi connectivity index (χ1) is 14.0. The average molecular weight is 459 g/mol. The first kappa shape index (κ1) is 21.9. The van der Waals surface area contributed by atoms with E-state index in [2.05, 4.69) is 10.3 Å². The van der Waals surface area contributed by atoms with E-state index in [-0.39, 0.29) is 32.3 Å². The van der Waals surface area contributed by atoms with Crippen LogP contribution < -0.4 is 5.32 Å². The van der Waals surface area contributed by atoms with Crippen LogP contribution in [0.4, 0.5) is 18.9 Å². The number of likely N-dealkylation sites (N-methyl/N-ethyl adjacent to an activating group) is 1. The van der Waals surface area contributed by atoms with Gasteiger partial charge in [-0.3, -0.25) is 9.59 Å². The third kappa shape index (κ3) is 4.22. The summed E-state index contributed by atoms with van der Waals surface area (Å²) in [6.07, 6.45) is -4.81. The number of fused-ring (bicyclic) bond motifs is 1. The van der Waals surface area contributed by atoms with Crippen LogP contribution in [0.15, 0.2) is 36.4 Å². The zero-order valence-corrected chi connectivity index (χ0v) is 17.2. The third-order valence-corrected chi connectivity index (χ3v) is 4.89. The van der Waals surface area contributed by atoms with Crippen LogP contribution in [-0.2, 0) is 17.5 Å². The molecule has 11 heteroatoms. The fourth-order valence-electron chi connectivity index (χ4n) is 2.80. The van der Waals surface area contributed by atoms with Gasteiger partial charge in [-0.2, -0.15) is 13.2 Å². The molecule has 3 rings (SSSR count). The maximum absolute atomic E-state index is 13.6. The Morgan fingerprint density at radius 2 is 1.70 bits per heavy atom. The number of aromatic nitrogens is 2. The number of nitrogens with zero attached hydrogens (tertiary/aromatic N) is 3. The Bertz CT molecular complexity index is 1120. The lowest BCUT2D eigenvalue weighted by molar-refractivity contribution is -0.147. The van der Waals surface area contributed by atoms with Crippen molar-refractivity contribution in [1.29, 1.82) is 0 Å². The normalized spacial score (nSPS) is 11.6. The molecule has 0 atom stereocenters. The van der Waals surface area contributed by atoms with Crippen molar-refractivity contribution in [2.45, 2.75) is 12.7 Å². The third-order valence-electron chi connectivity index (χ3n) is 4.26. The highest BCUT2D eigenvalue weighted by molar-refractivity contribution is 6.40. The molecule has 0 unspecified atom stereocenters. The largest absolute Gasteiger partial charge is 0.449 e. The van der Waals surface area contributed by atoms with Gasteiger partial charge >= 0.3 is 6.18 Å². The van der Waals surface area contributed by atoms with Crippen LogP contribution >= 0.6 is 23.2 Å². The smallest absolute Gasteiger partial charge is 0.347 e. The number of carbonyl (C=O) groups is 2. The first-order valence-corrected chi connectivity index (χ1v) is 9.28. The van der Waals surface area contributed by atoms with E-state index in [0.717, 1.165) is 4.57 Å². The Kier molecular flexibility index (Phi) is 5.96. The molecule has 0 aliphatic carbocycles. The second-order valence-electron chi connectivity index (χ2n) is 6.53. The number of rotatable bonds is 4. The van der Waals surface area contributed by atoms with E-state index < -0.39 is 30.4 Å². The van der Waals surface area contributed by atoms with Crippen LogP contribution in [0.3, 0.4) is 0 Å². The van der Waals surface area contributed by atoms with Crippen LogP contribution in [-0.4, -0.2) is 40.4 Å². The lowest BCUT2D eigenvalue weighted by Crippen LogP contribution is -2.28. The van der Waals surface area contributed by atoms with Crippen molar-refractivity contribution >= 4 is 51.7 Å². The molecule has 0 saturated carbocycles. The number of hydrogen-bond acceptors (Lipinski definition) is 3. The molecular weight excluding hydrogens is 444 g/mol. The van der Waals surface area contributed by atoms with Gasteiger partial charge in [-0.15, -0.1) is 0 Å². The first-order valence-electron chi connectivity index (χ1n) is 8.52. The zero-order valence-electron chi connectivity index (χ0n) is 15.7. The van der Waals surface area contributed by atoms with E-state index in [0.29, 0.717) is 0 Å². The number of amides is 2. The van der Waals surface area contributed by atoms with Crippen LogP contribution in [0, 0.1) is 0 Å². The van der Waals surface area contributed by atoms with Crippen molar-refractivity contribution in [2.24, 2.45) is 0 Å². The predicted molar refractivity (Wildman–Crippen MR) is 108 cm³/mol. The summed E-state index contributed by atoms with van der Waals surface area (Å²) in [6, 6.07) is 8.72. The number of benzene rings is 2. The van der Waals surface area contributed by atoms with Crippen molar-refractivity contribution in [3.05, 3.63) is 57.8 Å². The fourth-order valence-corrected chi connectivity index (χ4v) is 3.37. The molecule has 0 saturated heterocycles. The molecule has 0 bridgehead atoms. The van der Waals surface area contributed by atoms with Crippen LogP contribution in [0.2, 0.25) is 10.0 Å². The number of hydrogen-bond donors (Lipinski definition) is 1. The number of carbonyl (C=O) groups excluding carboxylic acids is 2. The predicted octanol–water partition coefficient (Wildman–Crippen LogP) is 4.70. The summed E-state index contributed by atoms with van der Waals surface area (Å²) in [7, 11) is 2.88. The molecule has 0 aliphatic rings. The van der Waals surface area contributed by atoms with E-state index in [1.807, 2.05) is 0 Å². The van der Waals surface area contributed by atoms with Gasteiger partial charge in [0.1, 0.15) is 12.1 Å². The van der Waals surface area contributed by atoms with Gasteiger partial charge in [-0.05, 0) is 24.3 Å². The Morgan fingerprint density at radius 3 is 2.27 bits per heavy atom. The monoisotopic (exact) mass is 458 g/mol. The van der Waals surface area contributed by atoms with E-state index in [9.17, 15) is 22.8 Å². The Balaban J connectivity index is 2.10. The minimum atomic E-state index is -4.81. The molecule has 0 fully saturated rings. The number of anilines is 1. The topological polar surface area (TPSA) is 67.2 Å². The van der Waals surface area contributed by atoms with Gasteiger partial charge in [-0.25, -0.2) is 4.98 Å². The van der Waals surface area contributed by atoms with Gasteiger partial charge in [0.25, 0.3) is 5.91 Å². The quantitative estimate of drug-likeness (QED) is 0.615. The summed E-state index contributed by atoms with van der Waals surface area (Å²) >= 11 is 12.1. The van der Waals surface area contributed by atoms with Gasteiger partial charge < -0.3 is 14.8 Å². The lowest BCUT2D eigenvalue weighted by Gasteiger charge is -2.14. The highest BCUT2D eigenvalue weighted by Gasteiger charge is 2.38. The second kappa shape index (κ2) is 8.16. The Morgan fingerprint density at radius 1 is 1.10 bits per heavy atom. The van der Waals surface area contributed by atoms with E-state index in [1.54, 1.807) is 6.07 Å². The molecule has 3 aromatic rings. The molecule has 158 valence electrons. The minimum Gasteiger partial charge on any atom is -0.347 e. The molecule has 0 spiro atoms. The maximum Gasteiger partial charge on any atom is 0.449 e. The molecule has 2 amide bonds. The van der Waals surface area contributed by atoms with Gasteiger partial charge in [0.05, 0.1) is 26.8 Å². The molecule has 30 heavy (non-hydrogen) atoms. The number of para-hydroxylation sites is 1. The SMILES string of the molecule is CN(C)C(=O)Cn1c(C(F)(F)F)nc2c(NC(=O)c3c(Cl)cccc3Cl)cccc21. The summed E-state index contributed by atoms with van der Waals surface area (Å²) in [5.74, 6) is -2.49. The zero-order chi connectivity index (χ0) is 22.2. The molecule has 0 aliphatic heterocycles. The molecule has 6 nitrogen and oxygen atoms in total. The van der Waals surface area contributed by atoms with Gasteiger partial charge in [0, 0.05) is 14.1 Å². The van der Waals surface area contributed by atoms with E-state index >= 15 is 0 Å². The van der Waals surface area contributed by atoms with Crippen molar-refractivity contribution < 1.29 is 22.8 Å². The second-order valence-corrected chi connectivity index (χ2v) is 7.35. The van der Waals surface area contributed by atoms with Crippen molar-refractivity contribution in [1.82, 2.24) is 14.5 Å². The summed E-state index contributed by atoms with van der Waals surface area (Å²) in [6.45, 7) is -0.563. The lowest BCUT2D eigenvalue weighted by atomic mass is 10.2. The van der Waals surface area contributed by atoms with Gasteiger partial charge in [0.2, 0.25) is 11.7 Å². The minimum absolute atomic E-state index is 0.0175. The Labute approximate surface area is 179 Å². The number of nitrogens with one attached hydrogen (secondary N) is 1. The Hall–Kier alpha value is -2.78. The van der Waals surface area contributed by atoms with Crippen molar-refractivity contribution in [3.8, 4) is 0 Å². The average Bonchev–Trinajstić information content (AvgIpc) is 3.01. The molecule has 1 aromatic heterocycles. The maximum atomic E-state index is 13.6. The van der Waals surface area contributed by atoms with Gasteiger partial charge in [-0.1, -0.05) is 35.3 Å². The van der Waals surface area contributed by atoms with E-state index in [4.69, 9.17) is 23.2 Å². The van der Waals surface area contributed by atoms with Crippen molar-refractivity contribution in [2.75, 3.05) is 19.4 Å². The van der Waals surface area contributed by atoms with Gasteiger partial charge in [0.15, 0.2) is 0 Å². The summed E-state index contributed by atoms with van der Waals surface area (Å²) < 4.78 is 41.5. The number of alkyl halides is 3. The summed E-state index contributed by atoms with van der Waals surface area (Å²) in [5, 5.41) is 2.68. The fraction of sp³-hybridized carbons (Fsp3) is 0.211. The highest BCUT2D eigenvalue weighted by Crippen LogP contribution is 2.34. The number of halogens is 5. The molecule has 2 aromatic carbocycles. The summed E-state index contributed by atoms with van der Waals surface area (Å²) in [4.78, 5) is 29.6. The molecular formula is C19H15Cl2F3N4O2. The molecule has 1 heterocycles. The molecule has 0 radical (unpaired) electrons. The van der Waals surface area contributed by atoms with E-state index in [1.165, 1.54) is 49.3 Å². The standard InChI is InChI=1S/C19H15Cl2F3N4O2/c1-27(2)14(29)9-28-13-8-4-7-12(16(13)26-18(28)19(22,23)24)25-17(30)15-10(20)5-3-6-11(15)21/h3-8H,9H2,1-2H3,(H,25,30). The van der Waals surface area contributed by atoms with Crippen LogP contribution in [0.25, 0.3) is 11.0 Å². The highest BCUT2D eigenvalue weighted by atomic mass is 35.5. The molecule has 1 N–H and O–H groups in total. The summed E-state index contributed by atoms with van der Waals surface area (Å²) in [5.41, 5.74) is -0.0698. The van der Waals surface area contributed by atoms with Crippen LogP contribution in [0.1, 0.15) is 16.2 Å².